The zero-order valence-corrected chi connectivity index (χ0v) is 15.2. The molecule has 1 saturated carbocycles. The van der Waals surface area contributed by atoms with Gasteiger partial charge >= 0.3 is 6.09 Å². The molecule has 2 N–H and O–H groups in total. The number of alkyl carbamates (subject to hydrolysis) is 1. The van der Waals surface area contributed by atoms with Crippen LogP contribution in [0.25, 0.3) is 11.1 Å². The molecule has 2 aliphatic rings. The number of aliphatic hydroxyl groups is 1. The molecule has 4 rings (SSSR count). The molecule has 0 spiro atoms. The Hall–Kier alpha value is -2.33. The lowest BCUT2D eigenvalue weighted by molar-refractivity contribution is -0.0960. The van der Waals surface area contributed by atoms with Gasteiger partial charge in [-0.25, -0.2) is 4.79 Å². The Bertz CT molecular complexity index is 784. The van der Waals surface area contributed by atoms with Gasteiger partial charge in [0.2, 0.25) is 0 Å². The quantitative estimate of drug-likeness (QED) is 0.877. The van der Waals surface area contributed by atoms with Crippen molar-refractivity contribution in [2.24, 2.45) is 11.3 Å². The number of carbonyl (C=O) groups is 1. The monoisotopic (exact) mass is 351 g/mol. The number of hydrogen-bond donors (Lipinski definition) is 2. The summed E-state index contributed by atoms with van der Waals surface area (Å²) in [6.45, 7) is 4.94. The van der Waals surface area contributed by atoms with Crippen molar-refractivity contribution in [3.8, 4) is 11.1 Å². The molecule has 2 aromatic carbocycles. The van der Waals surface area contributed by atoms with E-state index in [4.69, 9.17) is 4.74 Å². The number of carbonyl (C=O) groups excluding carboxylic acids is 1. The van der Waals surface area contributed by atoms with Gasteiger partial charge < -0.3 is 15.2 Å². The topological polar surface area (TPSA) is 58.6 Å². The second-order valence-electron chi connectivity index (χ2n) is 7.98. The van der Waals surface area contributed by atoms with Crippen molar-refractivity contribution in [2.75, 3.05) is 13.2 Å². The van der Waals surface area contributed by atoms with Crippen molar-refractivity contribution in [3.05, 3.63) is 59.7 Å². The molecule has 0 aromatic heterocycles. The van der Waals surface area contributed by atoms with Gasteiger partial charge in [0, 0.05) is 12.5 Å². The number of ether oxygens (including phenoxy) is 1. The van der Waals surface area contributed by atoms with E-state index in [0.29, 0.717) is 13.2 Å². The van der Waals surface area contributed by atoms with Crippen LogP contribution in [0.2, 0.25) is 0 Å². The first kappa shape index (κ1) is 17.1. The van der Waals surface area contributed by atoms with Crippen LogP contribution in [0.5, 0.6) is 0 Å². The molecule has 0 radical (unpaired) electrons. The van der Waals surface area contributed by atoms with Crippen LogP contribution in [0.4, 0.5) is 4.79 Å². The fourth-order valence-electron chi connectivity index (χ4n) is 4.19. The van der Waals surface area contributed by atoms with Gasteiger partial charge in [-0.05, 0) is 40.0 Å². The Labute approximate surface area is 154 Å². The number of rotatable bonds is 4. The number of nitrogens with one attached hydrogen (secondary N) is 1. The standard InChI is InChI=1S/C22H25NO3/c1-22(2)14(11-20(22)24)12-23-21(25)26-13-19-17-9-5-3-7-15(17)16-8-4-6-10-18(16)19/h3-10,14,19-20,24H,11-13H2,1-2H3,(H,23,25). The maximum atomic E-state index is 12.2. The first-order chi connectivity index (χ1) is 12.5. The summed E-state index contributed by atoms with van der Waals surface area (Å²) in [4.78, 5) is 12.2. The molecule has 2 atom stereocenters. The van der Waals surface area contributed by atoms with Crippen molar-refractivity contribution >= 4 is 6.09 Å². The van der Waals surface area contributed by atoms with Crippen molar-refractivity contribution in [3.63, 3.8) is 0 Å². The molecule has 2 aromatic rings. The molecule has 1 fully saturated rings. The van der Waals surface area contributed by atoms with Crippen molar-refractivity contribution in [2.45, 2.75) is 32.3 Å². The van der Waals surface area contributed by atoms with E-state index in [2.05, 4.69) is 29.6 Å². The molecule has 0 saturated heterocycles. The van der Waals surface area contributed by atoms with Gasteiger partial charge in [0.15, 0.2) is 0 Å². The number of fused-ring (bicyclic) bond motifs is 3. The van der Waals surface area contributed by atoms with E-state index in [1.54, 1.807) is 0 Å². The molecule has 4 heteroatoms. The molecule has 0 aliphatic heterocycles. The highest BCUT2D eigenvalue weighted by molar-refractivity contribution is 5.79. The van der Waals surface area contributed by atoms with Gasteiger partial charge in [-0.1, -0.05) is 62.4 Å². The third kappa shape index (κ3) is 2.78. The van der Waals surface area contributed by atoms with Gasteiger partial charge in [0.05, 0.1) is 6.10 Å². The molecule has 26 heavy (non-hydrogen) atoms. The SMILES string of the molecule is CC1(C)C(O)CC1CNC(=O)OCC1c2ccccc2-c2ccccc21. The highest BCUT2D eigenvalue weighted by Gasteiger charge is 2.47. The number of aliphatic hydroxyl groups excluding tert-OH is 1. The average Bonchev–Trinajstić information content (AvgIpc) is 2.97. The third-order valence-corrected chi connectivity index (χ3v) is 6.26. The Balaban J connectivity index is 1.38. The average molecular weight is 351 g/mol. The van der Waals surface area contributed by atoms with E-state index in [9.17, 15) is 9.90 Å². The van der Waals surface area contributed by atoms with E-state index in [1.807, 2.05) is 38.1 Å². The summed E-state index contributed by atoms with van der Waals surface area (Å²) in [7, 11) is 0. The second kappa shape index (κ2) is 6.44. The van der Waals surface area contributed by atoms with Gasteiger partial charge in [0.1, 0.15) is 6.61 Å². The van der Waals surface area contributed by atoms with Crippen molar-refractivity contribution < 1.29 is 14.6 Å². The summed E-state index contributed by atoms with van der Waals surface area (Å²) in [5.74, 6) is 0.369. The smallest absolute Gasteiger partial charge is 0.407 e. The van der Waals surface area contributed by atoms with E-state index in [0.717, 1.165) is 6.42 Å². The highest BCUT2D eigenvalue weighted by Crippen LogP contribution is 2.46. The lowest BCUT2D eigenvalue weighted by Gasteiger charge is -2.49. The number of benzene rings is 2. The van der Waals surface area contributed by atoms with Gasteiger partial charge in [-0.2, -0.15) is 0 Å². The van der Waals surface area contributed by atoms with E-state index in [-0.39, 0.29) is 29.4 Å². The zero-order valence-electron chi connectivity index (χ0n) is 15.2. The van der Waals surface area contributed by atoms with Crippen LogP contribution in [0.15, 0.2) is 48.5 Å². The summed E-state index contributed by atoms with van der Waals surface area (Å²) in [5, 5.41) is 12.7. The minimum atomic E-state index is -0.385. The second-order valence-corrected chi connectivity index (χ2v) is 7.98. The molecular formula is C22H25NO3. The van der Waals surface area contributed by atoms with Crippen LogP contribution in [0, 0.1) is 11.3 Å². The lowest BCUT2D eigenvalue weighted by atomic mass is 9.60. The minimum absolute atomic E-state index is 0.0788. The van der Waals surface area contributed by atoms with Gasteiger partial charge in [-0.3, -0.25) is 0 Å². The molecule has 0 bridgehead atoms. The molecule has 1 amide bonds. The van der Waals surface area contributed by atoms with Crippen LogP contribution >= 0.6 is 0 Å². The molecule has 136 valence electrons. The number of amides is 1. The van der Waals surface area contributed by atoms with E-state index < -0.39 is 0 Å². The Morgan fingerprint density at radius 2 is 1.69 bits per heavy atom. The Morgan fingerprint density at radius 1 is 1.12 bits per heavy atom. The Morgan fingerprint density at radius 3 is 2.23 bits per heavy atom. The van der Waals surface area contributed by atoms with Crippen molar-refractivity contribution in [1.82, 2.24) is 5.32 Å². The highest BCUT2D eigenvalue weighted by atomic mass is 16.5. The normalized spacial score (nSPS) is 22.9. The van der Waals surface area contributed by atoms with Crippen LogP contribution in [0.1, 0.15) is 37.3 Å². The molecule has 2 aliphatic carbocycles. The van der Waals surface area contributed by atoms with Crippen LogP contribution in [-0.2, 0) is 4.74 Å². The molecule has 4 nitrogen and oxygen atoms in total. The summed E-state index contributed by atoms with van der Waals surface area (Å²) in [6.07, 6.45) is 0.0669. The van der Waals surface area contributed by atoms with Crippen LogP contribution < -0.4 is 5.32 Å². The van der Waals surface area contributed by atoms with Crippen LogP contribution in [0.3, 0.4) is 0 Å². The number of hydrogen-bond acceptors (Lipinski definition) is 3. The largest absolute Gasteiger partial charge is 0.449 e. The van der Waals surface area contributed by atoms with Gasteiger partial charge in [-0.15, -0.1) is 0 Å². The lowest BCUT2D eigenvalue weighted by Crippen LogP contribution is -2.53. The maximum Gasteiger partial charge on any atom is 0.407 e. The molecular weight excluding hydrogens is 326 g/mol. The van der Waals surface area contributed by atoms with E-state index >= 15 is 0 Å². The predicted octanol–water partition coefficient (Wildman–Crippen LogP) is 3.93. The summed E-state index contributed by atoms with van der Waals surface area (Å²) in [6, 6.07) is 16.6. The van der Waals surface area contributed by atoms with Gasteiger partial charge in [0.25, 0.3) is 0 Å². The predicted molar refractivity (Wildman–Crippen MR) is 101 cm³/mol. The maximum absolute atomic E-state index is 12.2. The third-order valence-electron chi connectivity index (χ3n) is 6.26. The van der Waals surface area contributed by atoms with E-state index in [1.165, 1.54) is 22.3 Å². The molecule has 0 heterocycles. The first-order valence-electron chi connectivity index (χ1n) is 9.25. The minimum Gasteiger partial charge on any atom is -0.449 e. The fourth-order valence-corrected chi connectivity index (χ4v) is 4.19. The summed E-state index contributed by atoms with van der Waals surface area (Å²) < 4.78 is 5.54. The van der Waals surface area contributed by atoms with Crippen molar-refractivity contribution in [1.29, 1.82) is 0 Å². The summed E-state index contributed by atoms with van der Waals surface area (Å²) in [5.41, 5.74) is 4.73. The summed E-state index contributed by atoms with van der Waals surface area (Å²) >= 11 is 0. The van der Waals surface area contributed by atoms with Crippen LogP contribution in [-0.4, -0.2) is 30.5 Å². The Kier molecular flexibility index (Phi) is 4.23. The zero-order chi connectivity index (χ0) is 18.3. The molecule has 2 unspecified atom stereocenters. The fraction of sp³-hybridized carbons (Fsp3) is 0.409. The first-order valence-corrected chi connectivity index (χ1v) is 9.25.